The third-order valence-electron chi connectivity index (χ3n) is 7.61. The minimum absolute atomic E-state index is 0.0661. The molecule has 0 unspecified atom stereocenters. The summed E-state index contributed by atoms with van der Waals surface area (Å²) in [4.78, 5) is 36.9. The average Bonchev–Trinajstić information content (AvgIpc) is 2.96. The zero-order valence-corrected chi connectivity index (χ0v) is 27.3. The van der Waals surface area contributed by atoms with E-state index in [-0.39, 0.29) is 31.1 Å². The van der Waals surface area contributed by atoms with Crippen LogP contribution in [0.2, 0.25) is 0 Å². The highest BCUT2D eigenvalue weighted by Gasteiger charge is 2.19. The molecule has 0 amide bonds. The first-order chi connectivity index (χ1) is 20.0. The van der Waals surface area contributed by atoms with E-state index in [2.05, 4.69) is 20.8 Å². The van der Waals surface area contributed by atoms with E-state index in [0.29, 0.717) is 19.3 Å². The fourth-order valence-corrected chi connectivity index (χ4v) is 4.91. The minimum atomic E-state index is -0.752. The number of carbonyl (C=O) groups is 3. The predicted molar refractivity (Wildman–Crippen MR) is 169 cm³/mol. The number of esters is 3. The van der Waals surface area contributed by atoms with E-state index in [1.165, 1.54) is 83.5 Å². The van der Waals surface area contributed by atoms with Gasteiger partial charge in [-0.05, 0) is 19.3 Å². The molecule has 0 aromatic carbocycles. The van der Waals surface area contributed by atoms with Crippen molar-refractivity contribution in [2.45, 2.75) is 194 Å². The van der Waals surface area contributed by atoms with Gasteiger partial charge >= 0.3 is 17.9 Å². The molecule has 0 aliphatic heterocycles. The Bertz CT molecular complexity index is 605. The lowest BCUT2D eigenvalue weighted by Gasteiger charge is -2.18. The van der Waals surface area contributed by atoms with E-state index >= 15 is 0 Å². The lowest BCUT2D eigenvalue weighted by Crippen LogP contribution is -2.30. The SMILES string of the molecule is CCCCCCCCCCCCCC(=O)OC[C@H](COC(=O)CCCCCCC)OC(=O)CCCCCCCCC. The van der Waals surface area contributed by atoms with Gasteiger partial charge in [0, 0.05) is 19.3 Å². The van der Waals surface area contributed by atoms with Crippen LogP contribution < -0.4 is 0 Å². The fourth-order valence-electron chi connectivity index (χ4n) is 4.91. The summed E-state index contributed by atoms with van der Waals surface area (Å²) in [6.45, 7) is 6.48. The predicted octanol–water partition coefficient (Wildman–Crippen LogP) is 10.2. The molecule has 6 heteroatoms. The molecule has 6 nitrogen and oxygen atoms in total. The zero-order valence-electron chi connectivity index (χ0n) is 27.3. The lowest BCUT2D eigenvalue weighted by molar-refractivity contribution is -0.167. The molecule has 0 saturated heterocycles. The average molecular weight is 583 g/mol. The van der Waals surface area contributed by atoms with Crippen LogP contribution in [-0.2, 0) is 28.6 Å². The molecule has 0 saturated carbocycles. The van der Waals surface area contributed by atoms with Crippen LogP contribution in [0.15, 0.2) is 0 Å². The van der Waals surface area contributed by atoms with Gasteiger partial charge in [0.25, 0.3) is 0 Å². The van der Waals surface area contributed by atoms with Crippen LogP contribution in [0.25, 0.3) is 0 Å². The molecule has 1 atom stereocenters. The standard InChI is InChI=1S/C35H66O6/c1-4-7-10-13-15-16-17-18-20-22-25-28-34(37)40-31-32(30-39-33(36)27-24-21-12-9-6-3)41-35(38)29-26-23-19-14-11-8-5-2/h32H,4-31H2,1-3H3/t32-/m0/s1. The monoisotopic (exact) mass is 582 g/mol. The van der Waals surface area contributed by atoms with Gasteiger partial charge in [-0.15, -0.1) is 0 Å². The van der Waals surface area contributed by atoms with Crippen molar-refractivity contribution in [3.63, 3.8) is 0 Å². The Balaban J connectivity index is 4.27. The quantitative estimate of drug-likeness (QED) is 0.0459. The molecule has 0 heterocycles. The number of rotatable bonds is 31. The van der Waals surface area contributed by atoms with Gasteiger partial charge in [-0.3, -0.25) is 14.4 Å². The number of ether oxygens (including phenoxy) is 3. The van der Waals surface area contributed by atoms with Crippen LogP contribution in [0.4, 0.5) is 0 Å². The van der Waals surface area contributed by atoms with Crippen molar-refractivity contribution < 1.29 is 28.6 Å². The first-order valence-corrected chi connectivity index (χ1v) is 17.5. The van der Waals surface area contributed by atoms with Gasteiger partial charge in [0.2, 0.25) is 0 Å². The molecule has 0 rings (SSSR count). The van der Waals surface area contributed by atoms with Gasteiger partial charge in [-0.25, -0.2) is 0 Å². The third kappa shape index (κ3) is 29.7. The molecule has 0 bridgehead atoms. The normalized spacial score (nSPS) is 11.8. The smallest absolute Gasteiger partial charge is 0.306 e. The molecule has 242 valence electrons. The number of hydrogen-bond donors (Lipinski definition) is 0. The zero-order chi connectivity index (χ0) is 30.2. The molecular formula is C35H66O6. The van der Waals surface area contributed by atoms with Crippen molar-refractivity contribution in [3.8, 4) is 0 Å². The van der Waals surface area contributed by atoms with Crippen LogP contribution in [-0.4, -0.2) is 37.2 Å². The Hall–Kier alpha value is -1.59. The minimum Gasteiger partial charge on any atom is -0.462 e. The molecule has 41 heavy (non-hydrogen) atoms. The Kier molecular flexibility index (Phi) is 30.1. The maximum Gasteiger partial charge on any atom is 0.306 e. The summed E-state index contributed by atoms with van der Waals surface area (Å²) in [5.74, 6) is -0.890. The topological polar surface area (TPSA) is 78.9 Å². The van der Waals surface area contributed by atoms with E-state index in [4.69, 9.17) is 14.2 Å². The van der Waals surface area contributed by atoms with Crippen molar-refractivity contribution in [1.29, 1.82) is 0 Å². The van der Waals surface area contributed by atoms with Gasteiger partial charge < -0.3 is 14.2 Å². The summed E-state index contributed by atoms with van der Waals surface area (Å²) in [7, 11) is 0. The van der Waals surface area contributed by atoms with Crippen LogP contribution >= 0.6 is 0 Å². The Morgan fingerprint density at radius 3 is 0.976 bits per heavy atom. The molecule has 0 N–H and O–H groups in total. The van der Waals surface area contributed by atoms with E-state index in [1.54, 1.807) is 0 Å². The van der Waals surface area contributed by atoms with Gasteiger partial charge in [0.15, 0.2) is 6.10 Å². The van der Waals surface area contributed by atoms with Crippen LogP contribution in [0.1, 0.15) is 188 Å². The number of unbranched alkanes of at least 4 members (excludes halogenated alkanes) is 20. The second-order valence-corrected chi connectivity index (χ2v) is 11.8. The highest BCUT2D eigenvalue weighted by Crippen LogP contribution is 2.13. The molecular weight excluding hydrogens is 516 g/mol. The Morgan fingerprint density at radius 2 is 0.659 bits per heavy atom. The number of carbonyl (C=O) groups excluding carboxylic acids is 3. The number of hydrogen-bond acceptors (Lipinski definition) is 6. The van der Waals surface area contributed by atoms with E-state index in [0.717, 1.165) is 64.2 Å². The van der Waals surface area contributed by atoms with Crippen molar-refractivity contribution in [2.75, 3.05) is 13.2 Å². The molecule has 0 radical (unpaired) electrons. The van der Waals surface area contributed by atoms with Crippen LogP contribution in [0, 0.1) is 0 Å². The summed E-state index contributed by atoms with van der Waals surface area (Å²) >= 11 is 0. The first-order valence-electron chi connectivity index (χ1n) is 17.5. The third-order valence-corrected chi connectivity index (χ3v) is 7.61. The second kappa shape index (κ2) is 31.3. The van der Waals surface area contributed by atoms with E-state index in [9.17, 15) is 14.4 Å². The van der Waals surface area contributed by atoms with Crippen LogP contribution in [0.5, 0.6) is 0 Å². The largest absolute Gasteiger partial charge is 0.462 e. The summed E-state index contributed by atoms with van der Waals surface area (Å²) < 4.78 is 16.4. The van der Waals surface area contributed by atoms with Gasteiger partial charge in [0.1, 0.15) is 13.2 Å². The Morgan fingerprint density at radius 1 is 0.390 bits per heavy atom. The maximum absolute atomic E-state index is 12.4. The summed E-state index contributed by atoms with van der Waals surface area (Å²) in [5.41, 5.74) is 0. The van der Waals surface area contributed by atoms with E-state index < -0.39 is 6.10 Å². The summed E-state index contributed by atoms with van der Waals surface area (Å²) in [5, 5.41) is 0. The highest BCUT2D eigenvalue weighted by molar-refractivity contribution is 5.71. The fraction of sp³-hybridized carbons (Fsp3) is 0.914. The van der Waals surface area contributed by atoms with Crippen LogP contribution in [0.3, 0.4) is 0 Å². The molecule has 0 aromatic heterocycles. The molecule has 0 aliphatic rings. The first kappa shape index (κ1) is 39.4. The summed E-state index contributed by atoms with van der Waals surface area (Å²) in [6, 6.07) is 0. The van der Waals surface area contributed by atoms with Gasteiger partial charge in [-0.1, -0.05) is 149 Å². The maximum atomic E-state index is 12.4. The molecule has 0 spiro atoms. The van der Waals surface area contributed by atoms with Crippen molar-refractivity contribution in [3.05, 3.63) is 0 Å². The highest BCUT2D eigenvalue weighted by atomic mass is 16.6. The van der Waals surface area contributed by atoms with Gasteiger partial charge in [-0.2, -0.15) is 0 Å². The summed E-state index contributed by atoms with van der Waals surface area (Å²) in [6.07, 6.45) is 26.9. The molecule has 0 aromatic rings. The second-order valence-electron chi connectivity index (χ2n) is 11.8. The van der Waals surface area contributed by atoms with Gasteiger partial charge in [0.05, 0.1) is 0 Å². The van der Waals surface area contributed by atoms with Crippen molar-refractivity contribution in [2.24, 2.45) is 0 Å². The van der Waals surface area contributed by atoms with Crippen molar-refractivity contribution in [1.82, 2.24) is 0 Å². The van der Waals surface area contributed by atoms with E-state index in [1.807, 2.05) is 0 Å². The molecule has 0 aliphatic carbocycles. The Labute approximate surface area is 253 Å². The van der Waals surface area contributed by atoms with Crippen molar-refractivity contribution >= 4 is 17.9 Å². The lowest BCUT2D eigenvalue weighted by atomic mass is 10.1. The molecule has 0 fully saturated rings.